The molecule has 1 heterocycles. The van der Waals surface area contributed by atoms with Crippen molar-refractivity contribution >= 4 is 5.91 Å². The molecule has 3 rings (SSSR count). The van der Waals surface area contributed by atoms with Crippen LogP contribution in [0.4, 0.5) is 0 Å². The van der Waals surface area contributed by atoms with E-state index in [-0.39, 0.29) is 11.9 Å². The Bertz CT molecular complexity index is 496. The van der Waals surface area contributed by atoms with E-state index in [9.17, 15) is 4.79 Å². The molecule has 0 unspecified atom stereocenters. The average Bonchev–Trinajstić information content (AvgIpc) is 3.24. The Morgan fingerprint density at radius 2 is 2.00 bits per heavy atom. The first-order valence-corrected chi connectivity index (χ1v) is 7.92. The molecule has 1 saturated heterocycles. The van der Waals surface area contributed by atoms with Crippen molar-refractivity contribution in [3.8, 4) is 5.75 Å². The average molecular weight is 288 g/mol. The van der Waals surface area contributed by atoms with Crippen LogP contribution in [0.1, 0.15) is 25.3 Å². The van der Waals surface area contributed by atoms with Crippen LogP contribution >= 0.6 is 0 Å². The van der Waals surface area contributed by atoms with E-state index in [1.807, 2.05) is 36.1 Å². The largest absolute Gasteiger partial charge is 0.494 e. The second kappa shape index (κ2) is 6.06. The van der Waals surface area contributed by atoms with Crippen LogP contribution in [-0.2, 0) is 11.2 Å². The van der Waals surface area contributed by atoms with Crippen molar-refractivity contribution in [2.24, 2.45) is 17.6 Å². The van der Waals surface area contributed by atoms with E-state index in [4.69, 9.17) is 10.5 Å². The number of nitrogens with zero attached hydrogens (tertiary/aromatic N) is 1. The molecule has 1 saturated carbocycles. The third-order valence-electron chi connectivity index (χ3n) is 4.58. The standard InChI is InChI=1S/C17H24N2O2/c1-2-21-14-7-3-12(4-8-14)9-17(20)19-10-15(13-5-6-13)16(18)11-19/h3-4,7-8,13,15-16H,2,5-6,9-11,18H2,1H3/t15-,16+/m1/s1. The van der Waals surface area contributed by atoms with Gasteiger partial charge in [-0.2, -0.15) is 0 Å². The number of ether oxygens (including phenoxy) is 1. The molecule has 0 radical (unpaired) electrons. The van der Waals surface area contributed by atoms with E-state index in [1.165, 1.54) is 12.8 Å². The lowest BCUT2D eigenvalue weighted by Gasteiger charge is -2.16. The van der Waals surface area contributed by atoms with Crippen LogP contribution in [0.25, 0.3) is 0 Å². The van der Waals surface area contributed by atoms with Crippen LogP contribution in [0.5, 0.6) is 5.75 Å². The summed E-state index contributed by atoms with van der Waals surface area (Å²) in [6, 6.07) is 7.96. The molecule has 21 heavy (non-hydrogen) atoms. The highest BCUT2D eigenvalue weighted by Gasteiger charge is 2.41. The van der Waals surface area contributed by atoms with Gasteiger partial charge in [-0.15, -0.1) is 0 Å². The Labute approximate surface area is 126 Å². The third kappa shape index (κ3) is 3.38. The Hall–Kier alpha value is -1.55. The highest BCUT2D eigenvalue weighted by molar-refractivity contribution is 5.79. The summed E-state index contributed by atoms with van der Waals surface area (Å²) in [5.74, 6) is 2.33. The molecule has 114 valence electrons. The smallest absolute Gasteiger partial charge is 0.227 e. The number of amides is 1. The van der Waals surface area contributed by atoms with Gasteiger partial charge >= 0.3 is 0 Å². The van der Waals surface area contributed by atoms with Crippen LogP contribution in [0.15, 0.2) is 24.3 Å². The molecule has 1 aromatic carbocycles. The van der Waals surface area contributed by atoms with Gasteiger partial charge in [-0.3, -0.25) is 4.79 Å². The van der Waals surface area contributed by atoms with Crippen molar-refractivity contribution in [3.63, 3.8) is 0 Å². The molecular weight excluding hydrogens is 264 g/mol. The number of nitrogens with two attached hydrogens (primary N) is 1. The van der Waals surface area contributed by atoms with Gasteiger partial charge in [0.05, 0.1) is 13.0 Å². The molecule has 1 amide bonds. The molecular formula is C17H24N2O2. The van der Waals surface area contributed by atoms with E-state index in [0.717, 1.165) is 30.3 Å². The molecule has 1 aliphatic carbocycles. The van der Waals surface area contributed by atoms with Crippen LogP contribution in [0, 0.1) is 11.8 Å². The minimum atomic E-state index is 0.168. The quantitative estimate of drug-likeness (QED) is 0.899. The summed E-state index contributed by atoms with van der Waals surface area (Å²) < 4.78 is 5.42. The summed E-state index contributed by atoms with van der Waals surface area (Å²) in [5, 5.41) is 0. The van der Waals surface area contributed by atoms with Crippen LogP contribution < -0.4 is 10.5 Å². The van der Waals surface area contributed by atoms with E-state index in [0.29, 0.717) is 18.9 Å². The number of rotatable bonds is 5. The van der Waals surface area contributed by atoms with Gasteiger partial charge in [0.2, 0.25) is 5.91 Å². The van der Waals surface area contributed by atoms with Gasteiger partial charge in [-0.05, 0) is 49.3 Å². The van der Waals surface area contributed by atoms with Gasteiger partial charge in [-0.1, -0.05) is 12.1 Å². The maximum atomic E-state index is 12.4. The predicted octanol–water partition coefficient (Wildman–Crippen LogP) is 1.82. The number of likely N-dealkylation sites (tertiary alicyclic amines) is 1. The Kier molecular flexibility index (Phi) is 4.15. The minimum Gasteiger partial charge on any atom is -0.494 e. The van der Waals surface area contributed by atoms with E-state index < -0.39 is 0 Å². The lowest BCUT2D eigenvalue weighted by molar-refractivity contribution is -0.129. The fraction of sp³-hybridized carbons (Fsp3) is 0.588. The highest BCUT2D eigenvalue weighted by Crippen LogP contribution is 2.40. The summed E-state index contributed by atoms with van der Waals surface area (Å²) in [6.45, 7) is 4.19. The van der Waals surface area contributed by atoms with E-state index in [2.05, 4.69) is 0 Å². The molecule has 2 fully saturated rings. The summed E-state index contributed by atoms with van der Waals surface area (Å²) in [4.78, 5) is 14.3. The number of carbonyl (C=O) groups is 1. The van der Waals surface area contributed by atoms with Crippen LogP contribution in [0.2, 0.25) is 0 Å². The van der Waals surface area contributed by atoms with Gasteiger partial charge in [0.25, 0.3) is 0 Å². The second-order valence-corrected chi connectivity index (χ2v) is 6.22. The second-order valence-electron chi connectivity index (χ2n) is 6.22. The van der Waals surface area contributed by atoms with E-state index in [1.54, 1.807) is 0 Å². The van der Waals surface area contributed by atoms with Crippen LogP contribution in [0.3, 0.4) is 0 Å². The zero-order chi connectivity index (χ0) is 14.8. The maximum absolute atomic E-state index is 12.4. The molecule has 1 aromatic rings. The van der Waals surface area contributed by atoms with Gasteiger partial charge in [0.15, 0.2) is 0 Å². The minimum absolute atomic E-state index is 0.168. The number of benzene rings is 1. The molecule has 2 atom stereocenters. The van der Waals surface area contributed by atoms with E-state index >= 15 is 0 Å². The van der Waals surface area contributed by atoms with Crippen molar-refractivity contribution in [1.82, 2.24) is 4.90 Å². The van der Waals surface area contributed by atoms with Crippen LogP contribution in [-0.4, -0.2) is 36.5 Å². The Morgan fingerprint density at radius 3 is 2.62 bits per heavy atom. The SMILES string of the molecule is CCOc1ccc(CC(=O)N2C[C@H](C3CC3)[C@@H](N)C2)cc1. The monoisotopic (exact) mass is 288 g/mol. The topological polar surface area (TPSA) is 55.6 Å². The fourth-order valence-corrected chi connectivity index (χ4v) is 3.24. The third-order valence-corrected chi connectivity index (χ3v) is 4.58. The van der Waals surface area contributed by atoms with Crippen molar-refractivity contribution < 1.29 is 9.53 Å². The molecule has 1 aliphatic heterocycles. The lowest BCUT2D eigenvalue weighted by Crippen LogP contribution is -2.33. The van der Waals surface area contributed by atoms with Gasteiger partial charge in [0, 0.05) is 19.1 Å². The molecule has 4 heteroatoms. The summed E-state index contributed by atoms with van der Waals surface area (Å²) in [7, 11) is 0. The molecule has 2 N–H and O–H groups in total. The summed E-state index contributed by atoms with van der Waals surface area (Å²) >= 11 is 0. The number of hydrogen-bond donors (Lipinski definition) is 1. The molecule has 0 aromatic heterocycles. The molecule has 0 spiro atoms. The fourth-order valence-electron chi connectivity index (χ4n) is 3.24. The Balaban J connectivity index is 1.56. The first-order valence-electron chi connectivity index (χ1n) is 7.92. The summed E-state index contributed by atoms with van der Waals surface area (Å²) in [5.41, 5.74) is 7.22. The highest BCUT2D eigenvalue weighted by atomic mass is 16.5. The normalized spacial score (nSPS) is 25.1. The van der Waals surface area contributed by atoms with Crippen molar-refractivity contribution in [3.05, 3.63) is 29.8 Å². The van der Waals surface area contributed by atoms with Gasteiger partial charge in [0.1, 0.15) is 5.75 Å². The predicted molar refractivity (Wildman–Crippen MR) is 82.1 cm³/mol. The van der Waals surface area contributed by atoms with Crippen molar-refractivity contribution in [2.75, 3.05) is 19.7 Å². The van der Waals surface area contributed by atoms with Crippen molar-refractivity contribution in [2.45, 2.75) is 32.2 Å². The zero-order valence-corrected chi connectivity index (χ0v) is 12.6. The number of carbonyl (C=O) groups excluding carboxylic acids is 1. The maximum Gasteiger partial charge on any atom is 0.227 e. The first kappa shape index (κ1) is 14.4. The molecule has 4 nitrogen and oxygen atoms in total. The Morgan fingerprint density at radius 1 is 1.29 bits per heavy atom. The summed E-state index contributed by atoms with van der Waals surface area (Å²) in [6.07, 6.45) is 3.04. The van der Waals surface area contributed by atoms with Gasteiger partial charge < -0.3 is 15.4 Å². The lowest BCUT2D eigenvalue weighted by atomic mass is 9.99. The zero-order valence-electron chi connectivity index (χ0n) is 12.6. The van der Waals surface area contributed by atoms with Gasteiger partial charge in [-0.25, -0.2) is 0 Å². The molecule has 2 aliphatic rings. The number of hydrogen-bond acceptors (Lipinski definition) is 3. The van der Waals surface area contributed by atoms with Crippen molar-refractivity contribution in [1.29, 1.82) is 0 Å². The first-order chi connectivity index (χ1) is 10.2. The molecule has 0 bridgehead atoms.